The molecule has 0 unspecified atom stereocenters. The number of hydrogen-bond donors (Lipinski definition) is 0. The van der Waals surface area contributed by atoms with Crippen molar-refractivity contribution in [1.29, 1.82) is 0 Å². The van der Waals surface area contributed by atoms with Gasteiger partial charge in [0.25, 0.3) is 0 Å². The molecular formula is C21H23NO2. The smallest absolute Gasteiger partial charge is 0.185 e. The van der Waals surface area contributed by atoms with Crippen molar-refractivity contribution >= 4 is 17.5 Å². The van der Waals surface area contributed by atoms with E-state index in [4.69, 9.17) is 4.74 Å². The number of rotatable bonds is 4. The standard InChI is InChI=1S/C21H23NO2/c1-16-3-4-17(2)19(15-16)7-10-21(23)18-5-8-20(9-6-18)22-11-13-24-14-12-22/h3-10,15H,11-14H2,1-2H3/b10-7+. The van der Waals surface area contributed by atoms with Crippen molar-refractivity contribution in [2.24, 2.45) is 0 Å². The van der Waals surface area contributed by atoms with Crippen molar-refractivity contribution in [2.45, 2.75) is 13.8 Å². The van der Waals surface area contributed by atoms with Crippen molar-refractivity contribution in [3.8, 4) is 0 Å². The van der Waals surface area contributed by atoms with Gasteiger partial charge in [0, 0.05) is 24.3 Å². The fraction of sp³-hybridized carbons (Fsp3) is 0.286. The molecule has 124 valence electrons. The Bertz CT molecular complexity index is 741. The lowest BCUT2D eigenvalue weighted by molar-refractivity contribution is 0.104. The van der Waals surface area contributed by atoms with E-state index in [1.54, 1.807) is 6.08 Å². The summed E-state index contributed by atoms with van der Waals surface area (Å²) in [4.78, 5) is 14.7. The summed E-state index contributed by atoms with van der Waals surface area (Å²) >= 11 is 0. The fourth-order valence-electron chi connectivity index (χ4n) is 2.86. The van der Waals surface area contributed by atoms with Gasteiger partial charge in [-0.2, -0.15) is 0 Å². The molecule has 3 heteroatoms. The largest absolute Gasteiger partial charge is 0.378 e. The molecule has 0 aromatic heterocycles. The number of carbonyl (C=O) groups is 1. The molecule has 1 aliphatic rings. The summed E-state index contributed by atoms with van der Waals surface area (Å²) in [6.45, 7) is 7.45. The average molecular weight is 321 g/mol. The molecule has 2 aromatic carbocycles. The summed E-state index contributed by atoms with van der Waals surface area (Å²) in [5.74, 6) is 0.0319. The van der Waals surface area contributed by atoms with Crippen LogP contribution in [0.25, 0.3) is 6.08 Å². The first kappa shape index (κ1) is 16.5. The van der Waals surface area contributed by atoms with Gasteiger partial charge in [0.1, 0.15) is 0 Å². The Kier molecular flexibility index (Phi) is 5.11. The first-order valence-corrected chi connectivity index (χ1v) is 8.36. The van der Waals surface area contributed by atoms with Crippen molar-refractivity contribution in [2.75, 3.05) is 31.2 Å². The molecule has 0 saturated carbocycles. The van der Waals surface area contributed by atoms with E-state index in [0.717, 1.165) is 37.6 Å². The highest BCUT2D eigenvalue weighted by Gasteiger charge is 2.11. The number of anilines is 1. The predicted octanol–water partition coefficient (Wildman–Crippen LogP) is 4.04. The third-order valence-electron chi connectivity index (χ3n) is 4.38. The lowest BCUT2D eigenvalue weighted by Gasteiger charge is -2.28. The first-order valence-electron chi connectivity index (χ1n) is 8.36. The van der Waals surface area contributed by atoms with Gasteiger partial charge in [0.05, 0.1) is 13.2 Å². The number of benzene rings is 2. The Morgan fingerprint density at radius 2 is 1.75 bits per heavy atom. The summed E-state index contributed by atoms with van der Waals surface area (Å²) in [5, 5.41) is 0. The number of hydrogen-bond acceptors (Lipinski definition) is 3. The second-order valence-electron chi connectivity index (χ2n) is 6.20. The topological polar surface area (TPSA) is 29.5 Å². The highest BCUT2D eigenvalue weighted by Crippen LogP contribution is 2.18. The van der Waals surface area contributed by atoms with E-state index in [1.807, 2.05) is 30.3 Å². The average Bonchev–Trinajstić information content (AvgIpc) is 2.63. The lowest BCUT2D eigenvalue weighted by Crippen LogP contribution is -2.36. The van der Waals surface area contributed by atoms with Gasteiger partial charge in [0.2, 0.25) is 0 Å². The van der Waals surface area contributed by atoms with E-state index < -0.39 is 0 Å². The molecule has 1 heterocycles. The molecule has 0 aliphatic carbocycles. The van der Waals surface area contributed by atoms with Crippen LogP contribution in [0.4, 0.5) is 5.69 Å². The van der Waals surface area contributed by atoms with Crippen LogP contribution in [0.1, 0.15) is 27.0 Å². The van der Waals surface area contributed by atoms with Gasteiger partial charge in [-0.1, -0.05) is 29.8 Å². The van der Waals surface area contributed by atoms with Crippen LogP contribution in [0.15, 0.2) is 48.5 Å². The maximum absolute atomic E-state index is 12.4. The summed E-state index contributed by atoms with van der Waals surface area (Å²) in [6.07, 6.45) is 3.56. The normalized spacial score (nSPS) is 15.0. The number of aryl methyl sites for hydroxylation is 2. The minimum Gasteiger partial charge on any atom is -0.378 e. The number of ether oxygens (including phenoxy) is 1. The monoisotopic (exact) mass is 321 g/mol. The summed E-state index contributed by atoms with van der Waals surface area (Å²) < 4.78 is 5.37. The third kappa shape index (κ3) is 3.92. The zero-order valence-electron chi connectivity index (χ0n) is 14.3. The molecular weight excluding hydrogens is 298 g/mol. The molecule has 0 radical (unpaired) electrons. The Balaban J connectivity index is 1.70. The van der Waals surface area contributed by atoms with Crippen LogP contribution in [0.3, 0.4) is 0 Å². The zero-order chi connectivity index (χ0) is 16.9. The van der Waals surface area contributed by atoms with Crippen molar-refractivity contribution in [3.05, 3.63) is 70.8 Å². The van der Waals surface area contributed by atoms with Crippen molar-refractivity contribution in [3.63, 3.8) is 0 Å². The molecule has 3 nitrogen and oxygen atoms in total. The maximum atomic E-state index is 12.4. The van der Waals surface area contributed by atoms with Gasteiger partial charge < -0.3 is 9.64 Å². The Morgan fingerprint density at radius 1 is 1.04 bits per heavy atom. The molecule has 1 saturated heterocycles. The molecule has 1 aliphatic heterocycles. The minimum atomic E-state index is 0.0319. The second-order valence-corrected chi connectivity index (χ2v) is 6.20. The van der Waals surface area contributed by atoms with Gasteiger partial charge in [-0.15, -0.1) is 0 Å². The summed E-state index contributed by atoms with van der Waals surface area (Å²) in [5.41, 5.74) is 5.32. The first-order chi connectivity index (χ1) is 11.6. The molecule has 3 rings (SSSR count). The Labute approximate surface area is 143 Å². The van der Waals surface area contributed by atoms with Crippen LogP contribution >= 0.6 is 0 Å². The summed E-state index contributed by atoms with van der Waals surface area (Å²) in [7, 11) is 0. The molecule has 0 N–H and O–H groups in total. The van der Waals surface area contributed by atoms with Crippen molar-refractivity contribution in [1.82, 2.24) is 0 Å². The number of nitrogens with zero attached hydrogens (tertiary/aromatic N) is 1. The van der Waals surface area contributed by atoms with E-state index >= 15 is 0 Å². The predicted molar refractivity (Wildman–Crippen MR) is 98.8 cm³/mol. The van der Waals surface area contributed by atoms with Crippen LogP contribution in [0.2, 0.25) is 0 Å². The molecule has 1 fully saturated rings. The van der Waals surface area contributed by atoms with Gasteiger partial charge in [0.15, 0.2) is 5.78 Å². The molecule has 0 atom stereocenters. The van der Waals surface area contributed by atoms with E-state index in [9.17, 15) is 4.79 Å². The molecule has 24 heavy (non-hydrogen) atoms. The molecule has 0 spiro atoms. The van der Waals surface area contributed by atoms with Crippen LogP contribution in [-0.4, -0.2) is 32.1 Å². The third-order valence-corrected chi connectivity index (χ3v) is 4.38. The maximum Gasteiger partial charge on any atom is 0.185 e. The van der Waals surface area contributed by atoms with E-state index in [2.05, 4.69) is 36.9 Å². The number of allylic oxidation sites excluding steroid dienone is 1. The van der Waals surface area contributed by atoms with E-state index in [0.29, 0.717) is 5.56 Å². The Morgan fingerprint density at radius 3 is 2.46 bits per heavy atom. The summed E-state index contributed by atoms with van der Waals surface area (Å²) in [6, 6.07) is 14.1. The minimum absolute atomic E-state index is 0.0319. The fourth-order valence-corrected chi connectivity index (χ4v) is 2.86. The van der Waals surface area contributed by atoms with Crippen molar-refractivity contribution < 1.29 is 9.53 Å². The van der Waals surface area contributed by atoms with Gasteiger partial charge in [-0.3, -0.25) is 4.79 Å². The SMILES string of the molecule is Cc1ccc(C)c(/C=C/C(=O)c2ccc(N3CCOCC3)cc2)c1. The van der Waals surface area contributed by atoms with Gasteiger partial charge >= 0.3 is 0 Å². The Hall–Kier alpha value is -2.39. The van der Waals surface area contributed by atoms with E-state index in [-0.39, 0.29) is 5.78 Å². The molecule has 0 bridgehead atoms. The number of ketones is 1. The van der Waals surface area contributed by atoms with Gasteiger partial charge in [-0.05, 0) is 55.3 Å². The van der Waals surface area contributed by atoms with Gasteiger partial charge in [-0.25, -0.2) is 0 Å². The highest BCUT2D eigenvalue weighted by atomic mass is 16.5. The van der Waals surface area contributed by atoms with Crippen LogP contribution in [-0.2, 0) is 4.74 Å². The quantitative estimate of drug-likeness (QED) is 0.629. The zero-order valence-corrected chi connectivity index (χ0v) is 14.3. The molecule has 0 amide bonds. The number of morpholine rings is 1. The highest BCUT2D eigenvalue weighted by molar-refractivity contribution is 6.07. The van der Waals surface area contributed by atoms with Crippen LogP contribution in [0.5, 0.6) is 0 Å². The second kappa shape index (κ2) is 7.45. The van der Waals surface area contributed by atoms with E-state index in [1.165, 1.54) is 11.1 Å². The number of carbonyl (C=O) groups excluding carboxylic acids is 1. The lowest BCUT2D eigenvalue weighted by atomic mass is 10.0. The van der Waals surface area contributed by atoms with Crippen LogP contribution < -0.4 is 4.90 Å². The molecule has 2 aromatic rings. The van der Waals surface area contributed by atoms with Crippen LogP contribution in [0, 0.1) is 13.8 Å².